The molecule has 7 nitrogen and oxygen atoms in total. The zero-order chi connectivity index (χ0) is 18.8. The van der Waals surface area contributed by atoms with Crippen molar-refractivity contribution >= 4 is 0 Å². The standard InChI is InChI=1S/C20H25N5O2/c1-23(7-6-15-11-21-24(2)12-15)13-17-14-25(3)22-20(17)16-4-5-18-19(10-16)27-9-8-26-18/h4-5,10-12,14H,6-9,13H2,1-3H3. The topological polar surface area (TPSA) is 57.3 Å². The van der Waals surface area contributed by atoms with Gasteiger partial charge in [-0.05, 0) is 37.2 Å². The van der Waals surface area contributed by atoms with Crippen LogP contribution in [0.3, 0.4) is 0 Å². The largest absolute Gasteiger partial charge is 0.486 e. The number of likely N-dealkylation sites (N-methyl/N-ethyl adjacent to an activating group) is 1. The molecule has 0 bridgehead atoms. The number of nitrogens with zero attached hydrogens (tertiary/aromatic N) is 5. The van der Waals surface area contributed by atoms with Crippen LogP contribution in [0.2, 0.25) is 0 Å². The van der Waals surface area contributed by atoms with Gasteiger partial charge in [-0.1, -0.05) is 0 Å². The van der Waals surface area contributed by atoms with Crippen LogP contribution in [0, 0.1) is 0 Å². The lowest BCUT2D eigenvalue weighted by Gasteiger charge is -2.19. The highest BCUT2D eigenvalue weighted by Crippen LogP contribution is 2.35. The van der Waals surface area contributed by atoms with Gasteiger partial charge >= 0.3 is 0 Å². The summed E-state index contributed by atoms with van der Waals surface area (Å²) in [6.45, 7) is 2.98. The Bertz CT molecular complexity index is 930. The molecular weight excluding hydrogens is 342 g/mol. The zero-order valence-corrected chi connectivity index (χ0v) is 16.1. The minimum Gasteiger partial charge on any atom is -0.486 e. The van der Waals surface area contributed by atoms with Crippen LogP contribution in [0.15, 0.2) is 36.8 Å². The van der Waals surface area contributed by atoms with Gasteiger partial charge in [-0.2, -0.15) is 10.2 Å². The number of aromatic nitrogens is 4. The molecule has 4 rings (SSSR count). The number of hydrogen-bond donors (Lipinski definition) is 0. The molecule has 1 aliphatic rings. The van der Waals surface area contributed by atoms with E-state index in [9.17, 15) is 0 Å². The average molecular weight is 367 g/mol. The molecule has 0 N–H and O–H groups in total. The Balaban J connectivity index is 1.49. The third kappa shape index (κ3) is 3.98. The molecule has 0 unspecified atom stereocenters. The highest BCUT2D eigenvalue weighted by molar-refractivity contribution is 5.66. The van der Waals surface area contributed by atoms with Crippen LogP contribution < -0.4 is 9.47 Å². The molecule has 0 amide bonds. The van der Waals surface area contributed by atoms with Gasteiger partial charge in [-0.15, -0.1) is 0 Å². The molecule has 3 aromatic rings. The summed E-state index contributed by atoms with van der Waals surface area (Å²) in [7, 11) is 6.04. The molecule has 142 valence electrons. The molecule has 2 aromatic heterocycles. The monoisotopic (exact) mass is 367 g/mol. The quantitative estimate of drug-likeness (QED) is 0.669. The maximum atomic E-state index is 5.73. The van der Waals surface area contributed by atoms with Crippen molar-refractivity contribution < 1.29 is 9.47 Å². The van der Waals surface area contributed by atoms with E-state index in [0.29, 0.717) is 13.2 Å². The van der Waals surface area contributed by atoms with Crippen molar-refractivity contribution in [2.75, 3.05) is 26.8 Å². The normalized spacial score (nSPS) is 13.3. The summed E-state index contributed by atoms with van der Waals surface area (Å²) in [5, 5.41) is 8.92. The number of rotatable bonds is 6. The highest BCUT2D eigenvalue weighted by Gasteiger charge is 2.17. The summed E-state index contributed by atoms with van der Waals surface area (Å²) >= 11 is 0. The van der Waals surface area contributed by atoms with Gasteiger partial charge in [0.1, 0.15) is 13.2 Å². The Kier molecular flexibility index (Phi) is 4.85. The first-order chi connectivity index (χ1) is 13.1. The van der Waals surface area contributed by atoms with E-state index < -0.39 is 0 Å². The van der Waals surface area contributed by atoms with E-state index in [1.165, 1.54) is 11.1 Å². The predicted octanol–water partition coefficient (Wildman–Crippen LogP) is 2.27. The second-order valence-corrected chi connectivity index (χ2v) is 7.05. The first kappa shape index (κ1) is 17.6. The van der Waals surface area contributed by atoms with Crippen LogP contribution in [-0.4, -0.2) is 51.3 Å². The van der Waals surface area contributed by atoms with E-state index in [-0.39, 0.29) is 0 Å². The average Bonchev–Trinajstić information content (AvgIpc) is 3.24. The molecular formula is C20H25N5O2. The van der Waals surface area contributed by atoms with E-state index in [0.717, 1.165) is 42.3 Å². The summed E-state index contributed by atoms with van der Waals surface area (Å²) in [5.41, 5.74) is 4.49. The molecule has 0 spiro atoms. The molecule has 1 aromatic carbocycles. The fourth-order valence-corrected chi connectivity index (χ4v) is 3.38. The SMILES string of the molecule is CN(CCc1cnn(C)c1)Cc1cn(C)nc1-c1ccc2c(c1)OCCO2. The van der Waals surface area contributed by atoms with E-state index in [4.69, 9.17) is 9.47 Å². The smallest absolute Gasteiger partial charge is 0.162 e. The Morgan fingerprint density at radius 3 is 2.67 bits per heavy atom. The van der Waals surface area contributed by atoms with Crippen molar-refractivity contribution in [3.63, 3.8) is 0 Å². The van der Waals surface area contributed by atoms with Crippen molar-refractivity contribution in [3.8, 4) is 22.8 Å². The van der Waals surface area contributed by atoms with E-state index >= 15 is 0 Å². The number of hydrogen-bond acceptors (Lipinski definition) is 5. The van der Waals surface area contributed by atoms with E-state index in [1.807, 2.05) is 41.8 Å². The molecule has 0 fully saturated rings. The lowest BCUT2D eigenvalue weighted by molar-refractivity contribution is 0.171. The Hall–Kier alpha value is -2.80. The van der Waals surface area contributed by atoms with Crippen LogP contribution in [0.1, 0.15) is 11.1 Å². The first-order valence-corrected chi connectivity index (χ1v) is 9.17. The van der Waals surface area contributed by atoms with Crippen molar-refractivity contribution in [2.24, 2.45) is 14.1 Å². The highest BCUT2D eigenvalue weighted by atomic mass is 16.6. The molecule has 7 heteroatoms. The van der Waals surface area contributed by atoms with E-state index in [1.54, 1.807) is 0 Å². The summed E-state index contributed by atoms with van der Waals surface area (Å²) < 4.78 is 15.1. The van der Waals surface area contributed by atoms with Crippen LogP contribution in [0.4, 0.5) is 0 Å². The summed E-state index contributed by atoms with van der Waals surface area (Å²) in [6, 6.07) is 6.04. The first-order valence-electron chi connectivity index (χ1n) is 9.17. The van der Waals surface area contributed by atoms with Gasteiger partial charge in [0.2, 0.25) is 0 Å². The molecule has 0 aliphatic carbocycles. The second-order valence-electron chi connectivity index (χ2n) is 7.05. The Labute approximate surface area is 159 Å². The van der Waals surface area contributed by atoms with Crippen molar-refractivity contribution in [2.45, 2.75) is 13.0 Å². The molecule has 3 heterocycles. The van der Waals surface area contributed by atoms with Gasteiger partial charge in [0.05, 0.1) is 11.9 Å². The van der Waals surface area contributed by atoms with Crippen molar-refractivity contribution in [3.05, 3.63) is 47.9 Å². The number of fused-ring (bicyclic) bond motifs is 1. The van der Waals surface area contributed by atoms with Crippen LogP contribution in [-0.2, 0) is 27.1 Å². The van der Waals surface area contributed by atoms with Crippen LogP contribution >= 0.6 is 0 Å². The van der Waals surface area contributed by atoms with Gasteiger partial charge in [-0.25, -0.2) is 0 Å². The number of aryl methyl sites for hydroxylation is 2. The van der Waals surface area contributed by atoms with Crippen molar-refractivity contribution in [1.82, 2.24) is 24.5 Å². The molecule has 0 saturated heterocycles. The van der Waals surface area contributed by atoms with Crippen LogP contribution in [0.25, 0.3) is 11.3 Å². The van der Waals surface area contributed by atoms with Gasteiger partial charge in [0.25, 0.3) is 0 Å². The maximum absolute atomic E-state index is 5.73. The summed E-state index contributed by atoms with van der Waals surface area (Å²) in [4.78, 5) is 2.31. The predicted molar refractivity (Wildman–Crippen MR) is 103 cm³/mol. The van der Waals surface area contributed by atoms with Gasteiger partial charge in [0.15, 0.2) is 11.5 Å². The fourth-order valence-electron chi connectivity index (χ4n) is 3.38. The molecule has 0 atom stereocenters. The molecule has 0 radical (unpaired) electrons. The summed E-state index contributed by atoms with van der Waals surface area (Å²) in [6.07, 6.45) is 7.06. The Morgan fingerprint density at radius 2 is 1.89 bits per heavy atom. The third-order valence-corrected chi connectivity index (χ3v) is 4.70. The molecule has 0 saturated carbocycles. The van der Waals surface area contributed by atoms with E-state index in [2.05, 4.69) is 40.6 Å². The lowest BCUT2D eigenvalue weighted by atomic mass is 10.1. The van der Waals surface area contributed by atoms with Gasteiger partial charge in [0, 0.05) is 50.7 Å². The van der Waals surface area contributed by atoms with Gasteiger partial charge < -0.3 is 14.4 Å². The lowest BCUT2D eigenvalue weighted by Crippen LogP contribution is -2.20. The van der Waals surface area contributed by atoms with Gasteiger partial charge in [-0.3, -0.25) is 9.36 Å². The third-order valence-electron chi connectivity index (χ3n) is 4.70. The Morgan fingerprint density at radius 1 is 1.07 bits per heavy atom. The number of benzene rings is 1. The number of ether oxygens (including phenoxy) is 2. The second kappa shape index (κ2) is 7.44. The minimum absolute atomic E-state index is 0.586. The van der Waals surface area contributed by atoms with Crippen LogP contribution in [0.5, 0.6) is 11.5 Å². The summed E-state index contributed by atoms with van der Waals surface area (Å²) in [5.74, 6) is 1.59. The minimum atomic E-state index is 0.586. The maximum Gasteiger partial charge on any atom is 0.162 e. The molecule has 1 aliphatic heterocycles. The van der Waals surface area contributed by atoms with Crippen molar-refractivity contribution in [1.29, 1.82) is 0 Å². The fraction of sp³-hybridized carbons (Fsp3) is 0.400. The molecule has 27 heavy (non-hydrogen) atoms. The zero-order valence-electron chi connectivity index (χ0n) is 16.1.